The van der Waals surface area contributed by atoms with Crippen LogP contribution in [0.2, 0.25) is 5.02 Å². The van der Waals surface area contributed by atoms with Crippen molar-refractivity contribution >= 4 is 44.3 Å². The molecular weight excluding hydrogens is 368 g/mol. The van der Waals surface area contributed by atoms with Gasteiger partial charge in [-0.15, -0.1) is 0 Å². The summed E-state index contributed by atoms with van der Waals surface area (Å²) >= 11 is 7.06. The minimum atomic E-state index is -3.73. The van der Waals surface area contributed by atoms with E-state index in [4.69, 9.17) is 11.6 Å². The van der Waals surface area contributed by atoms with Crippen LogP contribution < -0.4 is 4.72 Å². The molecule has 1 N–H and O–H groups in total. The van der Waals surface area contributed by atoms with Crippen LogP contribution in [-0.4, -0.2) is 32.7 Å². The van der Waals surface area contributed by atoms with Crippen molar-refractivity contribution < 1.29 is 13.2 Å². The third-order valence-corrected chi connectivity index (χ3v) is 6.17. The average molecular weight is 385 g/mol. The summed E-state index contributed by atoms with van der Waals surface area (Å²) in [6.07, 6.45) is 0. The molecule has 0 aliphatic carbocycles. The Balaban J connectivity index is 2.19. The molecule has 128 valence electrons. The van der Waals surface area contributed by atoms with Crippen LogP contribution in [0.25, 0.3) is 0 Å². The molecule has 5 nitrogen and oxygen atoms in total. The Morgan fingerprint density at radius 3 is 2.33 bits per heavy atom. The maximum atomic E-state index is 12.5. The second-order valence-corrected chi connectivity index (χ2v) is 8.34. The highest BCUT2D eigenvalue weighted by molar-refractivity contribution is 8.13. The van der Waals surface area contributed by atoms with Crippen LogP contribution in [0.1, 0.15) is 5.56 Å². The smallest absolute Gasteiger partial charge is 0.285 e. The lowest BCUT2D eigenvalue weighted by Gasteiger charge is -2.12. The number of rotatable bonds is 4. The lowest BCUT2D eigenvalue weighted by molar-refractivity contribution is 0.241. The Bertz CT molecular complexity index is 850. The predicted octanol–water partition coefficient (Wildman–Crippen LogP) is 4.22. The van der Waals surface area contributed by atoms with E-state index in [-0.39, 0.29) is 10.1 Å². The van der Waals surface area contributed by atoms with Crippen LogP contribution >= 0.6 is 23.4 Å². The van der Waals surface area contributed by atoms with E-state index in [1.807, 2.05) is 0 Å². The first-order valence-corrected chi connectivity index (χ1v) is 9.65. The van der Waals surface area contributed by atoms with E-state index < -0.39 is 10.0 Å². The van der Waals surface area contributed by atoms with E-state index in [1.54, 1.807) is 57.4 Å². The van der Waals surface area contributed by atoms with Gasteiger partial charge in [-0.2, -0.15) is 0 Å². The van der Waals surface area contributed by atoms with E-state index in [9.17, 15) is 13.2 Å². The molecule has 0 aromatic heterocycles. The standard InChI is InChI=1S/C16H17ClN2O3S2/c1-11-14(17)5-4-6-15(11)24(21,22)18-12-7-9-13(10-8-12)23-16(20)19(2)3/h4-10,18H,1-3H3. The second-order valence-electron chi connectivity index (χ2n) is 5.26. The molecule has 0 heterocycles. The fraction of sp³-hybridized carbons (Fsp3) is 0.188. The Morgan fingerprint density at radius 1 is 1.12 bits per heavy atom. The normalized spacial score (nSPS) is 11.2. The summed E-state index contributed by atoms with van der Waals surface area (Å²) in [7, 11) is -0.389. The monoisotopic (exact) mass is 384 g/mol. The Kier molecular flexibility index (Phi) is 5.79. The minimum absolute atomic E-state index is 0.0992. The summed E-state index contributed by atoms with van der Waals surface area (Å²) in [5.41, 5.74) is 0.909. The second kappa shape index (κ2) is 7.46. The molecule has 1 amide bonds. The maximum Gasteiger partial charge on any atom is 0.285 e. The Hall–Kier alpha value is -1.70. The molecular formula is C16H17ClN2O3S2. The summed E-state index contributed by atoms with van der Waals surface area (Å²) in [6.45, 7) is 1.66. The Labute approximate surface area is 151 Å². The lowest BCUT2D eigenvalue weighted by atomic mass is 10.2. The van der Waals surface area contributed by atoms with Crippen molar-refractivity contribution in [3.8, 4) is 0 Å². The summed E-state index contributed by atoms with van der Waals surface area (Å²) < 4.78 is 27.5. The van der Waals surface area contributed by atoms with Crippen molar-refractivity contribution in [1.29, 1.82) is 0 Å². The predicted molar refractivity (Wildman–Crippen MR) is 98.4 cm³/mol. The van der Waals surface area contributed by atoms with Crippen molar-refractivity contribution in [3.63, 3.8) is 0 Å². The zero-order valence-electron chi connectivity index (χ0n) is 13.4. The fourth-order valence-electron chi connectivity index (χ4n) is 1.87. The number of anilines is 1. The van der Waals surface area contributed by atoms with Gasteiger partial charge in [0, 0.05) is 29.7 Å². The number of carbonyl (C=O) groups excluding carboxylic acids is 1. The van der Waals surface area contributed by atoms with Crippen LogP contribution in [0.3, 0.4) is 0 Å². The summed E-state index contributed by atoms with van der Waals surface area (Å²) in [5.74, 6) is 0. The molecule has 24 heavy (non-hydrogen) atoms. The summed E-state index contributed by atoms with van der Waals surface area (Å²) in [4.78, 5) is 14.0. The Morgan fingerprint density at radius 2 is 1.75 bits per heavy atom. The molecule has 0 saturated carbocycles. The van der Waals surface area contributed by atoms with E-state index >= 15 is 0 Å². The number of hydrogen-bond donors (Lipinski definition) is 1. The number of hydrogen-bond acceptors (Lipinski definition) is 4. The molecule has 0 fully saturated rings. The third kappa shape index (κ3) is 4.43. The third-order valence-electron chi connectivity index (χ3n) is 3.18. The van der Waals surface area contributed by atoms with Crippen LogP contribution in [0.5, 0.6) is 0 Å². The zero-order valence-corrected chi connectivity index (χ0v) is 15.8. The van der Waals surface area contributed by atoms with E-state index in [1.165, 1.54) is 11.0 Å². The van der Waals surface area contributed by atoms with Gasteiger partial charge in [0.1, 0.15) is 0 Å². The molecule has 0 aliphatic rings. The molecule has 0 spiro atoms. The molecule has 2 aromatic rings. The van der Waals surface area contributed by atoms with E-state index in [0.29, 0.717) is 16.3 Å². The van der Waals surface area contributed by atoms with Gasteiger partial charge in [-0.3, -0.25) is 9.52 Å². The van der Waals surface area contributed by atoms with E-state index in [2.05, 4.69) is 4.72 Å². The molecule has 0 saturated heterocycles. The zero-order chi connectivity index (χ0) is 17.9. The number of thioether (sulfide) groups is 1. The van der Waals surface area contributed by atoms with Crippen LogP contribution in [-0.2, 0) is 10.0 Å². The first-order chi connectivity index (χ1) is 11.2. The van der Waals surface area contributed by atoms with Crippen molar-refractivity contribution in [3.05, 3.63) is 53.1 Å². The van der Waals surface area contributed by atoms with Crippen LogP contribution in [0.4, 0.5) is 10.5 Å². The maximum absolute atomic E-state index is 12.5. The quantitative estimate of drug-likeness (QED) is 0.801. The van der Waals surface area contributed by atoms with Gasteiger partial charge in [0.05, 0.1) is 4.90 Å². The molecule has 2 rings (SSSR count). The summed E-state index contributed by atoms with van der Waals surface area (Å²) in [5, 5.41) is 0.296. The van der Waals surface area contributed by atoms with Crippen molar-refractivity contribution in [2.24, 2.45) is 0 Å². The number of nitrogens with one attached hydrogen (secondary N) is 1. The molecule has 0 unspecified atom stereocenters. The largest absolute Gasteiger partial charge is 0.339 e. The summed E-state index contributed by atoms with van der Waals surface area (Å²) in [6, 6.07) is 11.3. The van der Waals surface area contributed by atoms with Gasteiger partial charge in [0.25, 0.3) is 15.3 Å². The number of amides is 1. The van der Waals surface area contributed by atoms with Gasteiger partial charge in [-0.1, -0.05) is 17.7 Å². The number of benzene rings is 2. The fourth-order valence-corrected chi connectivity index (χ4v) is 4.09. The molecule has 0 bridgehead atoms. The van der Waals surface area contributed by atoms with Crippen molar-refractivity contribution in [2.75, 3.05) is 18.8 Å². The van der Waals surface area contributed by atoms with Crippen LogP contribution in [0.15, 0.2) is 52.3 Å². The molecule has 0 atom stereocenters. The highest BCUT2D eigenvalue weighted by Crippen LogP contribution is 2.26. The highest BCUT2D eigenvalue weighted by Gasteiger charge is 2.18. The number of nitrogens with zero attached hydrogens (tertiary/aromatic N) is 1. The van der Waals surface area contributed by atoms with Gasteiger partial charge in [-0.05, 0) is 60.6 Å². The lowest BCUT2D eigenvalue weighted by Crippen LogP contribution is -2.16. The number of sulfonamides is 1. The van der Waals surface area contributed by atoms with Crippen molar-refractivity contribution in [2.45, 2.75) is 16.7 Å². The first-order valence-electron chi connectivity index (χ1n) is 6.98. The molecule has 0 radical (unpaired) electrons. The van der Waals surface area contributed by atoms with Gasteiger partial charge in [0.2, 0.25) is 0 Å². The van der Waals surface area contributed by atoms with Crippen molar-refractivity contribution in [1.82, 2.24) is 4.90 Å². The number of halogens is 1. The molecule has 8 heteroatoms. The van der Waals surface area contributed by atoms with Gasteiger partial charge in [0.15, 0.2) is 0 Å². The minimum Gasteiger partial charge on any atom is -0.339 e. The molecule has 2 aromatic carbocycles. The SMILES string of the molecule is Cc1c(Cl)cccc1S(=O)(=O)Nc1ccc(SC(=O)N(C)C)cc1. The van der Waals surface area contributed by atoms with Crippen LogP contribution in [0, 0.1) is 6.92 Å². The van der Waals surface area contributed by atoms with E-state index in [0.717, 1.165) is 16.7 Å². The molecule has 0 aliphatic heterocycles. The van der Waals surface area contributed by atoms with Gasteiger partial charge in [-0.25, -0.2) is 8.42 Å². The average Bonchev–Trinajstić information content (AvgIpc) is 2.51. The van der Waals surface area contributed by atoms with Gasteiger partial charge < -0.3 is 4.90 Å². The topological polar surface area (TPSA) is 66.5 Å². The number of carbonyl (C=O) groups is 1. The van der Waals surface area contributed by atoms with Gasteiger partial charge >= 0.3 is 0 Å². The first kappa shape index (κ1) is 18.6. The highest BCUT2D eigenvalue weighted by atomic mass is 35.5.